The molecule has 1 aromatic rings. The van der Waals surface area contributed by atoms with Gasteiger partial charge in [0.1, 0.15) is 5.75 Å². The maximum atomic E-state index is 12.6. The van der Waals surface area contributed by atoms with Gasteiger partial charge in [-0.3, -0.25) is 9.69 Å². The van der Waals surface area contributed by atoms with E-state index in [1.54, 1.807) is 18.2 Å². The first-order chi connectivity index (χ1) is 9.65. The molecule has 2 aliphatic heterocycles. The molecular weight excluding hydrogens is 367 g/mol. The van der Waals surface area contributed by atoms with Gasteiger partial charge in [-0.15, -0.1) is 0 Å². The van der Waals surface area contributed by atoms with E-state index < -0.39 is 0 Å². The van der Waals surface area contributed by atoms with Crippen molar-refractivity contribution in [1.82, 2.24) is 9.80 Å². The fraction of sp³-hybridized carbons (Fsp3) is 0.533. The Labute approximate surface area is 132 Å². The Morgan fingerprint density at radius 1 is 1.25 bits per heavy atom. The quantitative estimate of drug-likeness (QED) is 0.754. The molecule has 2 heterocycles. The topological polar surface area (TPSA) is 43.8 Å². The molecule has 0 aromatic heterocycles. The molecule has 2 fully saturated rings. The summed E-state index contributed by atoms with van der Waals surface area (Å²) >= 11 is 2.06. The number of halogens is 1. The van der Waals surface area contributed by atoms with Gasteiger partial charge in [0, 0.05) is 31.2 Å². The first kappa shape index (κ1) is 14.1. The monoisotopic (exact) mass is 386 g/mol. The lowest BCUT2D eigenvalue weighted by atomic mass is 10.1. The molecule has 1 amide bonds. The number of hydrogen-bond donors (Lipinski definition) is 1. The molecule has 20 heavy (non-hydrogen) atoms. The van der Waals surface area contributed by atoms with E-state index in [1.807, 2.05) is 4.90 Å². The number of phenols is 1. The summed E-state index contributed by atoms with van der Waals surface area (Å²) in [6.45, 7) is 3.92. The average molecular weight is 386 g/mol. The van der Waals surface area contributed by atoms with Crippen molar-refractivity contribution in [2.75, 3.05) is 26.2 Å². The van der Waals surface area contributed by atoms with Crippen molar-refractivity contribution in [2.45, 2.75) is 25.3 Å². The predicted molar refractivity (Wildman–Crippen MR) is 85.9 cm³/mol. The highest BCUT2D eigenvalue weighted by atomic mass is 127. The van der Waals surface area contributed by atoms with E-state index >= 15 is 0 Å². The van der Waals surface area contributed by atoms with Crippen LogP contribution in [0.25, 0.3) is 0 Å². The summed E-state index contributed by atoms with van der Waals surface area (Å²) in [5, 5.41) is 9.77. The number of phenolic OH excluding ortho intramolecular Hbond substituents is 1. The predicted octanol–water partition coefficient (Wildman–Crippen LogP) is 2.31. The maximum Gasteiger partial charge on any atom is 0.254 e. The van der Waals surface area contributed by atoms with Gasteiger partial charge < -0.3 is 10.0 Å². The Balaban J connectivity index is 1.77. The van der Waals surface area contributed by atoms with Crippen molar-refractivity contribution >= 4 is 28.5 Å². The summed E-state index contributed by atoms with van der Waals surface area (Å²) in [4.78, 5) is 17.1. The largest absolute Gasteiger partial charge is 0.507 e. The maximum absolute atomic E-state index is 12.6. The Morgan fingerprint density at radius 3 is 2.85 bits per heavy atom. The first-order valence-electron chi connectivity index (χ1n) is 7.17. The molecule has 0 spiro atoms. The molecule has 0 radical (unpaired) electrons. The molecule has 1 unspecified atom stereocenters. The molecule has 0 aliphatic carbocycles. The molecule has 2 saturated heterocycles. The van der Waals surface area contributed by atoms with Gasteiger partial charge in [-0.1, -0.05) is 0 Å². The molecule has 5 heteroatoms. The number of hydrogen-bond acceptors (Lipinski definition) is 3. The second-order valence-electron chi connectivity index (χ2n) is 5.60. The van der Waals surface area contributed by atoms with Crippen LogP contribution in [0.2, 0.25) is 0 Å². The average Bonchev–Trinajstić information content (AvgIpc) is 2.78. The summed E-state index contributed by atoms with van der Waals surface area (Å²) in [5.41, 5.74) is 0.592. The number of rotatable bonds is 1. The molecule has 0 saturated carbocycles. The molecular formula is C15H19IN2O2. The number of carbonyl (C=O) groups is 1. The molecule has 4 nitrogen and oxygen atoms in total. The van der Waals surface area contributed by atoms with E-state index in [9.17, 15) is 9.90 Å². The van der Waals surface area contributed by atoms with E-state index in [2.05, 4.69) is 27.5 Å². The third kappa shape index (κ3) is 2.79. The van der Waals surface area contributed by atoms with Gasteiger partial charge in [0.05, 0.1) is 3.57 Å². The molecule has 2 aliphatic rings. The highest BCUT2D eigenvalue weighted by Gasteiger charge is 2.30. The minimum atomic E-state index is 0.0467. The summed E-state index contributed by atoms with van der Waals surface area (Å²) < 4.78 is 0.775. The van der Waals surface area contributed by atoms with Crippen molar-refractivity contribution in [1.29, 1.82) is 0 Å². The molecule has 0 bridgehead atoms. The van der Waals surface area contributed by atoms with Gasteiger partial charge in [0.25, 0.3) is 5.91 Å². The fourth-order valence-electron chi connectivity index (χ4n) is 3.22. The van der Waals surface area contributed by atoms with Crippen molar-refractivity contribution in [3.8, 4) is 5.75 Å². The number of benzene rings is 1. The number of carbonyl (C=O) groups excluding carboxylic acids is 1. The normalized spacial score (nSPS) is 23.4. The smallest absolute Gasteiger partial charge is 0.254 e. The fourth-order valence-corrected chi connectivity index (χ4v) is 3.55. The zero-order chi connectivity index (χ0) is 14.1. The van der Waals surface area contributed by atoms with Gasteiger partial charge in [-0.2, -0.15) is 0 Å². The minimum absolute atomic E-state index is 0.0467. The van der Waals surface area contributed by atoms with Crippen LogP contribution in [0, 0.1) is 3.57 Å². The van der Waals surface area contributed by atoms with Gasteiger partial charge >= 0.3 is 0 Å². The Kier molecular flexibility index (Phi) is 4.16. The summed E-state index contributed by atoms with van der Waals surface area (Å²) in [7, 11) is 0. The van der Waals surface area contributed by atoms with E-state index in [0.29, 0.717) is 11.6 Å². The highest BCUT2D eigenvalue weighted by Crippen LogP contribution is 2.24. The Morgan fingerprint density at radius 2 is 2.05 bits per heavy atom. The summed E-state index contributed by atoms with van der Waals surface area (Å²) in [5.74, 6) is 0.235. The highest BCUT2D eigenvalue weighted by molar-refractivity contribution is 14.1. The molecule has 1 atom stereocenters. The van der Waals surface area contributed by atoms with Gasteiger partial charge in [-0.05, 0) is 66.6 Å². The Bertz CT molecular complexity index is 521. The standard InChI is InChI=1S/C15H19IN2O2/c16-13-5-4-11(9-14(13)19)15(20)18-8-2-7-17-6-1-3-12(17)10-18/h4-5,9,12,19H,1-3,6-8,10H2. The number of nitrogens with zero attached hydrogens (tertiary/aromatic N) is 2. The number of amides is 1. The Hall–Kier alpha value is -0.820. The lowest BCUT2D eigenvalue weighted by molar-refractivity contribution is 0.0743. The van der Waals surface area contributed by atoms with Crippen LogP contribution in [0.15, 0.2) is 18.2 Å². The van der Waals surface area contributed by atoms with Crippen LogP contribution in [0.5, 0.6) is 5.75 Å². The van der Waals surface area contributed by atoms with Crippen LogP contribution in [-0.4, -0.2) is 53.0 Å². The number of fused-ring (bicyclic) bond motifs is 1. The van der Waals surface area contributed by atoms with Crippen molar-refractivity contribution in [2.24, 2.45) is 0 Å². The van der Waals surface area contributed by atoms with Gasteiger partial charge in [0.2, 0.25) is 0 Å². The van der Waals surface area contributed by atoms with Gasteiger partial charge in [-0.25, -0.2) is 0 Å². The third-order valence-electron chi connectivity index (χ3n) is 4.28. The molecule has 108 valence electrons. The van der Waals surface area contributed by atoms with Crippen LogP contribution in [0.4, 0.5) is 0 Å². The molecule has 1 N–H and O–H groups in total. The van der Waals surface area contributed by atoms with Crippen molar-refractivity contribution in [3.63, 3.8) is 0 Å². The first-order valence-corrected chi connectivity index (χ1v) is 8.25. The minimum Gasteiger partial charge on any atom is -0.507 e. The van der Waals surface area contributed by atoms with Crippen LogP contribution >= 0.6 is 22.6 Å². The van der Waals surface area contributed by atoms with Crippen molar-refractivity contribution < 1.29 is 9.90 Å². The van der Waals surface area contributed by atoms with Crippen LogP contribution < -0.4 is 0 Å². The van der Waals surface area contributed by atoms with E-state index in [1.165, 1.54) is 19.4 Å². The van der Waals surface area contributed by atoms with Crippen LogP contribution in [-0.2, 0) is 0 Å². The van der Waals surface area contributed by atoms with Crippen LogP contribution in [0.1, 0.15) is 29.6 Å². The van der Waals surface area contributed by atoms with Crippen LogP contribution in [0.3, 0.4) is 0 Å². The summed E-state index contributed by atoms with van der Waals surface area (Å²) in [6, 6.07) is 5.71. The SMILES string of the molecule is O=C(c1ccc(I)c(O)c1)N1CCCN2CCCC2C1. The lowest BCUT2D eigenvalue weighted by Crippen LogP contribution is -2.39. The van der Waals surface area contributed by atoms with E-state index in [4.69, 9.17) is 0 Å². The third-order valence-corrected chi connectivity index (χ3v) is 5.20. The second kappa shape index (κ2) is 5.89. The zero-order valence-corrected chi connectivity index (χ0v) is 13.5. The van der Waals surface area contributed by atoms with Gasteiger partial charge in [0.15, 0.2) is 0 Å². The van der Waals surface area contributed by atoms with E-state index in [0.717, 1.165) is 29.6 Å². The number of aromatic hydroxyl groups is 1. The second-order valence-corrected chi connectivity index (χ2v) is 6.77. The molecule has 1 aromatic carbocycles. The molecule has 3 rings (SSSR count). The summed E-state index contributed by atoms with van der Waals surface area (Å²) in [6.07, 6.45) is 3.48. The van der Waals surface area contributed by atoms with Crippen molar-refractivity contribution in [3.05, 3.63) is 27.3 Å². The van der Waals surface area contributed by atoms with E-state index in [-0.39, 0.29) is 11.7 Å². The lowest BCUT2D eigenvalue weighted by Gasteiger charge is -2.25. The zero-order valence-electron chi connectivity index (χ0n) is 11.4.